The SMILES string of the molecule is CC(CN)NCCc1cccc2cccnc12. The molecule has 90 valence electrons. The van der Waals surface area contributed by atoms with Crippen LogP contribution in [0.1, 0.15) is 12.5 Å². The fourth-order valence-electron chi connectivity index (χ4n) is 1.91. The van der Waals surface area contributed by atoms with Crippen LogP contribution < -0.4 is 11.1 Å². The molecule has 0 bridgehead atoms. The van der Waals surface area contributed by atoms with Crippen LogP contribution in [0.4, 0.5) is 0 Å². The number of pyridine rings is 1. The maximum absolute atomic E-state index is 5.57. The number of fused-ring (bicyclic) bond motifs is 1. The van der Waals surface area contributed by atoms with Gasteiger partial charge in [0.05, 0.1) is 5.52 Å². The number of nitrogens with zero attached hydrogens (tertiary/aromatic N) is 1. The summed E-state index contributed by atoms with van der Waals surface area (Å²) in [5.41, 5.74) is 7.97. The molecule has 1 unspecified atom stereocenters. The highest BCUT2D eigenvalue weighted by Gasteiger charge is 2.02. The minimum Gasteiger partial charge on any atom is -0.329 e. The van der Waals surface area contributed by atoms with Crippen LogP contribution in [0.3, 0.4) is 0 Å². The molecule has 1 heterocycles. The monoisotopic (exact) mass is 229 g/mol. The Kier molecular flexibility index (Phi) is 4.07. The van der Waals surface area contributed by atoms with Gasteiger partial charge in [-0.15, -0.1) is 0 Å². The van der Waals surface area contributed by atoms with Crippen molar-refractivity contribution in [3.8, 4) is 0 Å². The third kappa shape index (κ3) is 3.02. The van der Waals surface area contributed by atoms with E-state index >= 15 is 0 Å². The Bertz CT molecular complexity index is 476. The normalized spacial score (nSPS) is 12.8. The van der Waals surface area contributed by atoms with Crippen molar-refractivity contribution in [2.24, 2.45) is 5.73 Å². The summed E-state index contributed by atoms with van der Waals surface area (Å²) in [5.74, 6) is 0. The van der Waals surface area contributed by atoms with Crippen LogP contribution >= 0.6 is 0 Å². The lowest BCUT2D eigenvalue weighted by molar-refractivity contribution is 0.559. The summed E-state index contributed by atoms with van der Waals surface area (Å²) in [4.78, 5) is 4.45. The largest absolute Gasteiger partial charge is 0.329 e. The molecule has 0 fully saturated rings. The van der Waals surface area contributed by atoms with E-state index in [4.69, 9.17) is 5.73 Å². The predicted octanol–water partition coefficient (Wildman–Crippen LogP) is 1.71. The molecule has 0 spiro atoms. The van der Waals surface area contributed by atoms with Gasteiger partial charge in [-0.25, -0.2) is 0 Å². The number of nitrogens with two attached hydrogens (primary N) is 1. The number of para-hydroxylation sites is 1. The molecule has 1 atom stereocenters. The summed E-state index contributed by atoms with van der Waals surface area (Å²) < 4.78 is 0. The second-order valence-corrected chi connectivity index (χ2v) is 4.33. The topological polar surface area (TPSA) is 50.9 Å². The van der Waals surface area contributed by atoms with Crippen molar-refractivity contribution in [3.05, 3.63) is 42.1 Å². The first-order chi connectivity index (χ1) is 8.31. The maximum Gasteiger partial charge on any atom is 0.0734 e. The quantitative estimate of drug-likeness (QED) is 0.820. The van der Waals surface area contributed by atoms with Crippen LogP contribution in [0.2, 0.25) is 0 Å². The van der Waals surface area contributed by atoms with Gasteiger partial charge in [0.25, 0.3) is 0 Å². The Hall–Kier alpha value is -1.45. The van der Waals surface area contributed by atoms with Crippen molar-refractivity contribution in [1.82, 2.24) is 10.3 Å². The van der Waals surface area contributed by atoms with E-state index in [1.165, 1.54) is 10.9 Å². The Labute approximate surface area is 102 Å². The smallest absolute Gasteiger partial charge is 0.0734 e. The first kappa shape index (κ1) is 12.0. The van der Waals surface area contributed by atoms with Gasteiger partial charge in [-0.3, -0.25) is 4.98 Å². The molecule has 0 aliphatic heterocycles. The number of benzene rings is 1. The third-order valence-electron chi connectivity index (χ3n) is 2.96. The molecule has 0 aliphatic rings. The summed E-state index contributed by atoms with van der Waals surface area (Å²) in [5, 5.41) is 4.60. The average molecular weight is 229 g/mol. The minimum atomic E-state index is 0.373. The molecular weight excluding hydrogens is 210 g/mol. The van der Waals surface area contributed by atoms with Crippen molar-refractivity contribution < 1.29 is 0 Å². The number of hydrogen-bond acceptors (Lipinski definition) is 3. The minimum absolute atomic E-state index is 0.373. The van der Waals surface area contributed by atoms with Crippen LogP contribution in [-0.4, -0.2) is 24.1 Å². The summed E-state index contributed by atoms with van der Waals surface area (Å²) in [6, 6.07) is 10.8. The second kappa shape index (κ2) is 5.75. The van der Waals surface area contributed by atoms with Gasteiger partial charge in [0.1, 0.15) is 0 Å². The fourth-order valence-corrected chi connectivity index (χ4v) is 1.91. The zero-order chi connectivity index (χ0) is 12.1. The lowest BCUT2D eigenvalue weighted by Crippen LogP contribution is -2.34. The van der Waals surface area contributed by atoms with Gasteiger partial charge in [0.2, 0.25) is 0 Å². The lowest BCUT2D eigenvalue weighted by Gasteiger charge is -2.11. The average Bonchev–Trinajstić information content (AvgIpc) is 2.39. The molecule has 0 saturated heterocycles. The first-order valence-electron chi connectivity index (χ1n) is 6.07. The summed E-state index contributed by atoms with van der Waals surface area (Å²) in [7, 11) is 0. The third-order valence-corrected chi connectivity index (χ3v) is 2.96. The van der Waals surface area contributed by atoms with E-state index in [1.54, 1.807) is 0 Å². The van der Waals surface area contributed by atoms with Crippen LogP contribution in [0.5, 0.6) is 0 Å². The molecule has 1 aromatic heterocycles. The summed E-state index contributed by atoms with van der Waals surface area (Å²) in [6.07, 6.45) is 2.83. The van der Waals surface area contributed by atoms with Gasteiger partial charge in [0.15, 0.2) is 0 Å². The van der Waals surface area contributed by atoms with E-state index in [0.717, 1.165) is 18.5 Å². The molecule has 2 rings (SSSR count). The van der Waals surface area contributed by atoms with Crippen molar-refractivity contribution in [2.75, 3.05) is 13.1 Å². The molecule has 0 aliphatic carbocycles. The maximum atomic E-state index is 5.57. The highest BCUT2D eigenvalue weighted by atomic mass is 14.9. The standard InChI is InChI=1S/C14H19N3/c1-11(10-15)16-9-7-13-5-2-4-12-6-3-8-17-14(12)13/h2-6,8,11,16H,7,9-10,15H2,1H3. The van der Waals surface area contributed by atoms with E-state index in [-0.39, 0.29) is 0 Å². The van der Waals surface area contributed by atoms with Crippen molar-refractivity contribution in [1.29, 1.82) is 0 Å². The summed E-state index contributed by atoms with van der Waals surface area (Å²) >= 11 is 0. The van der Waals surface area contributed by atoms with E-state index in [1.807, 2.05) is 12.3 Å². The van der Waals surface area contributed by atoms with Gasteiger partial charge in [0, 0.05) is 24.2 Å². The zero-order valence-corrected chi connectivity index (χ0v) is 10.2. The molecular formula is C14H19N3. The van der Waals surface area contributed by atoms with Crippen LogP contribution in [0.15, 0.2) is 36.5 Å². The molecule has 2 aromatic rings. The highest BCUT2D eigenvalue weighted by Crippen LogP contribution is 2.15. The lowest BCUT2D eigenvalue weighted by atomic mass is 10.1. The highest BCUT2D eigenvalue weighted by molar-refractivity contribution is 5.81. The number of nitrogens with one attached hydrogen (secondary N) is 1. The molecule has 17 heavy (non-hydrogen) atoms. The zero-order valence-electron chi connectivity index (χ0n) is 10.2. The van der Waals surface area contributed by atoms with Crippen molar-refractivity contribution in [2.45, 2.75) is 19.4 Å². The Morgan fingerprint density at radius 1 is 1.29 bits per heavy atom. The molecule has 0 saturated carbocycles. The molecule has 3 nitrogen and oxygen atoms in total. The molecule has 0 radical (unpaired) electrons. The predicted molar refractivity (Wildman–Crippen MR) is 72.0 cm³/mol. The number of rotatable bonds is 5. The first-order valence-corrected chi connectivity index (χ1v) is 6.07. The van der Waals surface area contributed by atoms with Gasteiger partial charge in [-0.2, -0.15) is 0 Å². The van der Waals surface area contributed by atoms with Crippen molar-refractivity contribution in [3.63, 3.8) is 0 Å². The Morgan fingerprint density at radius 3 is 2.94 bits per heavy atom. The van der Waals surface area contributed by atoms with Gasteiger partial charge >= 0.3 is 0 Å². The fraction of sp³-hybridized carbons (Fsp3) is 0.357. The number of aromatic nitrogens is 1. The van der Waals surface area contributed by atoms with Gasteiger partial charge in [-0.05, 0) is 31.5 Å². The molecule has 3 N–H and O–H groups in total. The molecule has 0 amide bonds. The van der Waals surface area contributed by atoms with Crippen LogP contribution in [0.25, 0.3) is 10.9 Å². The number of hydrogen-bond donors (Lipinski definition) is 2. The van der Waals surface area contributed by atoms with E-state index < -0.39 is 0 Å². The van der Waals surface area contributed by atoms with Crippen LogP contribution in [0, 0.1) is 0 Å². The second-order valence-electron chi connectivity index (χ2n) is 4.33. The van der Waals surface area contributed by atoms with Gasteiger partial charge in [-0.1, -0.05) is 24.3 Å². The van der Waals surface area contributed by atoms with E-state index in [9.17, 15) is 0 Å². The molecule has 3 heteroatoms. The van der Waals surface area contributed by atoms with Crippen LogP contribution in [-0.2, 0) is 6.42 Å². The van der Waals surface area contributed by atoms with Gasteiger partial charge < -0.3 is 11.1 Å². The molecule has 1 aromatic carbocycles. The van der Waals surface area contributed by atoms with Crippen molar-refractivity contribution >= 4 is 10.9 Å². The summed E-state index contributed by atoms with van der Waals surface area (Å²) in [6.45, 7) is 3.71. The van der Waals surface area contributed by atoms with E-state index in [0.29, 0.717) is 12.6 Å². The van der Waals surface area contributed by atoms with E-state index in [2.05, 4.69) is 41.5 Å². The Balaban J connectivity index is 2.08. The Morgan fingerprint density at radius 2 is 2.12 bits per heavy atom.